The quantitative estimate of drug-likeness (QED) is 0.934. The van der Waals surface area contributed by atoms with Gasteiger partial charge in [0, 0.05) is 25.9 Å². The van der Waals surface area contributed by atoms with Crippen molar-refractivity contribution in [3.05, 3.63) is 59.7 Å². The first-order chi connectivity index (χ1) is 10.4. The van der Waals surface area contributed by atoms with Crippen molar-refractivity contribution in [3.63, 3.8) is 0 Å². The zero-order chi connectivity index (χ0) is 14.1. The molecule has 0 spiro atoms. The van der Waals surface area contributed by atoms with Crippen molar-refractivity contribution in [3.8, 4) is 11.5 Å². The summed E-state index contributed by atoms with van der Waals surface area (Å²) in [6, 6.07) is 16.6. The number of para-hydroxylation sites is 2. The molecule has 2 aromatic rings. The van der Waals surface area contributed by atoms with Crippen LogP contribution in [0.5, 0.6) is 11.5 Å². The first-order valence-electron chi connectivity index (χ1n) is 7.58. The highest BCUT2D eigenvalue weighted by atomic mass is 16.5. The molecular formula is C18H19NO2. The van der Waals surface area contributed by atoms with Crippen LogP contribution in [0.4, 0.5) is 0 Å². The molecule has 0 saturated heterocycles. The zero-order valence-electron chi connectivity index (χ0n) is 11.9. The highest BCUT2D eigenvalue weighted by Gasteiger charge is 2.24. The Kier molecular flexibility index (Phi) is 3.28. The minimum absolute atomic E-state index is 0.242. The molecule has 3 nitrogen and oxygen atoms in total. The monoisotopic (exact) mass is 281 g/mol. The Hall–Kier alpha value is -2.00. The lowest BCUT2D eigenvalue weighted by Gasteiger charge is -2.15. The van der Waals surface area contributed by atoms with Gasteiger partial charge in [-0.3, -0.25) is 0 Å². The van der Waals surface area contributed by atoms with Crippen LogP contribution in [0.2, 0.25) is 0 Å². The molecule has 0 fully saturated rings. The number of ether oxygens (including phenoxy) is 2. The van der Waals surface area contributed by atoms with Gasteiger partial charge in [0.1, 0.15) is 23.7 Å². The molecule has 108 valence electrons. The molecule has 0 bridgehead atoms. The van der Waals surface area contributed by atoms with Gasteiger partial charge in [0.05, 0.1) is 0 Å². The molecule has 21 heavy (non-hydrogen) atoms. The highest BCUT2D eigenvalue weighted by Crippen LogP contribution is 2.29. The lowest BCUT2D eigenvalue weighted by molar-refractivity contribution is 0.199. The molecule has 0 saturated carbocycles. The molecule has 2 aromatic carbocycles. The molecule has 2 unspecified atom stereocenters. The van der Waals surface area contributed by atoms with E-state index in [0.29, 0.717) is 0 Å². The summed E-state index contributed by atoms with van der Waals surface area (Å²) in [5.41, 5.74) is 2.63. The number of rotatable bonds is 4. The summed E-state index contributed by atoms with van der Waals surface area (Å²) in [5.74, 6) is 2.07. The average Bonchev–Trinajstić information content (AvgIpc) is 3.09. The highest BCUT2D eigenvalue weighted by molar-refractivity contribution is 5.38. The van der Waals surface area contributed by atoms with Gasteiger partial charge in [0.2, 0.25) is 0 Å². The minimum Gasteiger partial charge on any atom is -0.488 e. The molecule has 0 aliphatic carbocycles. The van der Waals surface area contributed by atoms with Crippen LogP contribution < -0.4 is 14.8 Å². The lowest BCUT2D eigenvalue weighted by atomic mass is 10.1. The minimum atomic E-state index is 0.242. The molecular weight excluding hydrogens is 262 g/mol. The molecule has 0 amide bonds. The average molecular weight is 281 g/mol. The maximum absolute atomic E-state index is 5.93. The van der Waals surface area contributed by atoms with E-state index in [1.165, 1.54) is 11.1 Å². The van der Waals surface area contributed by atoms with E-state index in [1.54, 1.807) is 0 Å². The molecule has 4 rings (SSSR count). The van der Waals surface area contributed by atoms with E-state index >= 15 is 0 Å². The Bertz CT molecular complexity index is 535. The van der Waals surface area contributed by atoms with Crippen molar-refractivity contribution in [1.29, 1.82) is 0 Å². The van der Waals surface area contributed by atoms with Crippen molar-refractivity contribution in [2.24, 2.45) is 0 Å². The third kappa shape index (κ3) is 2.61. The van der Waals surface area contributed by atoms with Crippen LogP contribution in [0, 0.1) is 0 Å². The predicted molar refractivity (Wildman–Crippen MR) is 82.0 cm³/mol. The number of hydrogen-bond acceptors (Lipinski definition) is 3. The van der Waals surface area contributed by atoms with Crippen molar-refractivity contribution < 1.29 is 9.47 Å². The number of nitrogens with one attached hydrogen (secondary N) is 1. The van der Waals surface area contributed by atoms with E-state index in [9.17, 15) is 0 Å². The summed E-state index contributed by atoms with van der Waals surface area (Å²) in [5, 5.41) is 3.49. The van der Waals surface area contributed by atoms with Crippen molar-refractivity contribution in [1.82, 2.24) is 5.32 Å². The Balaban J connectivity index is 1.25. The van der Waals surface area contributed by atoms with E-state index in [-0.39, 0.29) is 12.2 Å². The summed E-state index contributed by atoms with van der Waals surface area (Å²) in [7, 11) is 0. The molecule has 2 atom stereocenters. The van der Waals surface area contributed by atoms with Crippen LogP contribution in [0.3, 0.4) is 0 Å². The van der Waals surface area contributed by atoms with Gasteiger partial charge >= 0.3 is 0 Å². The van der Waals surface area contributed by atoms with Crippen molar-refractivity contribution in [2.45, 2.75) is 25.0 Å². The van der Waals surface area contributed by atoms with Gasteiger partial charge in [-0.1, -0.05) is 36.4 Å². The molecule has 2 aliphatic heterocycles. The van der Waals surface area contributed by atoms with Gasteiger partial charge in [0.15, 0.2) is 0 Å². The predicted octanol–water partition coefficient (Wildman–Crippen LogP) is 2.58. The second kappa shape index (κ2) is 5.41. The summed E-state index contributed by atoms with van der Waals surface area (Å²) < 4.78 is 11.9. The fraction of sp³-hybridized carbons (Fsp3) is 0.333. The summed E-state index contributed by atoms with van der Waals surface area (Å²) in [6.07, 6.45) is 2.47. The molecule has 0 radical (unpaired) electrons. The van der Waals surface area contributed by atoms with E-state index in [4.69, 9.17) is 9.47 Å². The van der Waals surface area contributed by atoms with E-state index < -0.39 is 0 Å². The molecule has 2 heterocycles. The fourth-order valence-corrected chi connectivity index (χ4v) is 3.14. The van der Waals surface area contributed by atoms with Crippen LogP contribution in [-0.4, -0.2) is 25.3 Å². The van der Waals surface area contributed by atoms with Gasteiger partial charge in [-0.15, -0.1) is 0 Å². The first kappa shape index (κ1) is 12.7. The van der Waals surface area contributed by atoms with Crippen molar-refractivity contribution >= 4 is 0 Å². The Labute approximate surface area is 124 Å². The fourth-order valence-electron chi connectivity index (χ4n) is 3.14. The standard InChI is InChI=1S/C18H19NO2/c1-3-7-17-13(5-1)9-15(20-17)11-19-12-16-10-14-6-2-4-8-18(14)21-16/h1-8,15-16,19H,9-12H2. The summed E-state index contributed by atoms with van der Waals surface area (Å²) >= 11 is 0. The summed E-state index contributed by atoms with van der Waals surface area (Å²) in [4.78, 5) is 0. The SMILES string of the molecule is c1ccc2c(c1)CC(CNCC1Cc3ccccc3O1)O2. The topological polar surface area (TPSA) is 30.5 Å². The van der Waals surface area contributed by atoms with Gasteiger partial charge in [-0.05, 0) is 23.3 Å². The molecule has 0 aromatic heterocycles. The van der Waals surface area contributed by atoms with Crippen LogP contribution in [0.15, 0.2) is 48.5 Å². The Morgan fingerprint density at radius 2 is 1.24 bits per heavy atom. The smallest absolute Gasteiger partial charge is 0.123 e. The second-order valence-electron chi connectivity index (χ2n) is 5.76. The van der Waals surface area contributed by atoms with Crippen molar-refractivity contribution in [2.75, 3.05) is 13.1 Å². The van der Waals surface area contributed by atoms with E-state index in [2.05, 4.69) is 29.6 Å². The maximum Gasteiger partial charge on any atom is 0.123 e. The second-order valence-corrected chi connectivity index (χ2v) is 5.76. The third-order valence-electron chi connectivity index (χ3n) is 4.17. The molecule has 3 heteroatoms. The Morgan fingerprint density at radius 1 is 0.762 bits per heavy atom. The van der Waals surface area contributed by atoms with Gasteiger partial charge < -0.3 is 14.8 Å². The first-order valence-corrected chi connectivity index (χ1v) is 7.58. The van der Waals surface area contributed by atoms with E-state index in [1.807, 2.05) is 24.3 Å². The largest absolute Gasteiger partial charge is 0.488 e. The maximum atomic E-state index is 5.93. The third-order valence-corrected chi connectivity index (χ3v) is 4.17. The normalized spacial score (nSPS) is 22.3. The van der Waals surface area contributed by atoms with Crippen LogP contribution in [0.25, 0.3) is 0 Å². The number of hydrogen-bond donors (Lipinski definition) is 1. The van der Waals surface area contributed by atoms with Gasteiger partial charge in [-0.2, -0.15) is 0 Å². The molecule has 1 N–H and O–H groups in total. The van der Waals surface area contributed by atoms with Gasteiger partial charge in [0.25, 0.3) is 0 Å². The summed E-state index contributed by atoms with van der Waals surface area (Å²) in [6.45, 7) is 1.73. The lowest BCUT2D eigenvalue weighted by Crippen LogP contribution is -2.36. The van der Waals surface area contributed by atoms with E-state index in [0.717, 1.165) is 37.4 Å². The number of fused-ring (bicyclic) bond motifs is 2. The number of benzene rings is 2. The van der Waals surface area contributed by atoms with Crippen LogP contribution in [0.1, 0.15) is 11.1 Å². The van der Waals surface area contributed by atoms with Crippen LogP contribution in [-0.2, 0) is 12.8 Å². The zero-order valence-corrected chi connectivity index (χ0v) is 11.9. The Morgan fingerprint density at radius 3 is 1.71 bits per heavy atom. The van der Waals surface area contributed by atoms with Crippen LogP contribution >= 0.6 is 0 Å². The van der Waals surface area contributed by atoms with Gasteiger partial charge in [-0.25, -0.2) is 0 Å². The molecule has 2 aliphatic rings.